The third-order valence-corrected chi connectivity index (χ3v) is 2.15. The van der Waals surface area contributed by atoms with Crippen molar-refractivity contribution in [3.8, 4) is 0 Å². The van der Waals surface area contributed by atoms with Gasteiger partial charge in [0, 0.05) is 5.92 Å². The highest BCUT2D eigenvalue weighted by Crippen LogP contribution is 2.29. The Morgan fingerprint density at radius 2 is 2.17 bits per heavy atom. The van der Waals surface area contributed by atoms with Gasteiger partial charge in [0.25, 0.3) is 0 Å². The van der Waals surface area contributed by atoms with Gasteiger partial charge < -0.3 is 0 Å². The molecule has 0 saturated carbocycles. The van der Waals surface area contributed by atoms with Gasteiger partial charge in [-0.05, 0) is 24.1 Å². The van der Waals surface area contributed by atoms with Crippen LogP contribution in [0.25, 0.3) is 6.08 Å². The molecule has 0 amide bonds. The van der Waals surface area contributed by atoms with Crippen LogP contribution in [0.4, 0.5) is 0 Å². The van der Waals surface area contributed by atoms with Gasteiger partial charge >= 0.3 is 0 Å². The number of hydrogen-bond donors (Lipinski definition) is 0. The van der Waals surface area contributed by atoms with Gasteiger partial charge in [-0.1, -0.05) is 42.5 Å². The summed E-state index contributed by atoms with van der Waals surface area (Å²) >= 11 is 0. The first-order valence-corrected chi connectivity index (χ1v) is 4.23. The molecule has 1 unspecified atom stereocenters. The Morgan fingerprint density at radius 3 is 3.00 bits per heavy atom. The molecule has 1 radical (unpaired) electrons. The van der Waals surface area contributed by atoms with Crippen molar-refractivity contribution in [2.24, 2.45) is 0 Å². The van der Waals surface area contributed by atoms with E-state index in [0.29, 0.717) is 5.92 Å². The van der Waals surface area contributed by atoms with Gasteiger partial charge in [-0.15, -0.1) is 0 Å². The SMILES string of the molecule is C/C=[C]/C1C=Cc2ccccc21. The first kappa shape index (κ1) is 7.35. The molecule has 1 atom stereocenters. The van der Waals surface area contributed by atoms with E-state index in [1.807, 2.05) is 13.0 Å². The second-order valence-corrected chi connectivity index (χ2v) is 2.92. The lowest BCUT2D eigenvalue weighted by atomic mass is 10.0. The van der Waals surface area contributed by atoms with Crippen molar-refractivity contribution in [1.82, 2.24) is 0 Å². The molecule has 2 rings (SSSR count). The normalized spacial score (nSPS) is 20.2. The molecule has 0 saturated heterocycles. The Kier molecular flexibility index (Phi) is 1.83. The van der Waals surface area contributed by atoms with Gasteiger partial charge in [0.2, 0.25) is 0 Å². The van der Waals surface area contributed by atoms with Crippen LogP contribution in [0.2, 0.25) is 0 Å². The predicted molar refractivity (Wildman–Crippen MR) is 51.7 cm³/mol. The van der Waals surface area contributed by atoms with E-state index in [9.17, 15) is 0 Å². The molecule has 1 aliphatic carbocycles. The van der Waals surface area contributed by atoms with Gasteiger partial charge in [0.05, 0.1) is 0 Å². The third kappa shape index (κ3) is 1.10. The number of fused-ring (bicyclic) bond motifs is 1. The molecule has 1 aliphatic rings. The maximum Gasteiger partial charge on any atom is 0.0278 e. The van der Waals surface area contributed by atoms with Crippen LogP contribution < -0.4 is 0 Å². The van der Waals surface area contributed by atoms with Crippen molar-refractivity contribution >= 4 is 6.08 Å². The summed E-state index contributed by atoms with van der Waals surface area (Å²) in [7, 11) is 0. The lowest BCUT2D eigenvalue weighted by Crippen LogP contribution is -1.87. The minimum Gasteiger partial charge on any atom is -0.0832 e. The average molecular weight is 155 g/mol. The Bertz CT molecular complexity index is 332. The summed E-state index contributed by atoms with van der Waals surface area (Å²) in [6, 6.07) is 8.46. The molecular formula is C12H11. The van der Waals surface area contributed by atoms with Crippen molar-refractivity contribution in [3.05, 3.63) is 53.6 Å². The van der Waals surface area contributed by atoms with Gasteiger partial charge in [-0.25, -0.2) is 0 Å². The molecule has 0 spiro atoms. The molecule has 0 N–H and O–H groups in total. The standard InChI is InChI=1S/C12H11/c1-2-5-10-8-9-11-6-3-4-7-12(10)11/h2-4,6-10H,1H3. The topological polar surface area (TPSA) is 0 Å². The molecule has 59 valence electrons. The lowest BCUT2D eigenvalue weighted by molar-refractivity contribution is 1.07. The summed E-state index contributed by atoms with van der Waals surface area (Å²) in [4.78, 5) is 0. The number of allylic oxidation sites excluding steroid dienone is 3. The molecule has 12 heavy (non-hydrogen) atoms. The van der Waals surface area contributed by atoms with E-state index >= 15 is 0 Å². The maximum atomic E-state index is 3.29. The quantitative estimate of drug-likeness (QED) is 0.584. The minimum absolute atomic E-state index is 0.381. The van der Waals surface area contributed by atoms with Crippen LogP contribution >= 0.6 is 0 Å². The van der Waals surface area contributed by atoms with E-state index in [4.69, 9.17) is 0 Å². The van der Waals surface area contributed by atoms with Crippen molar-refractivity contribution < 1.29 is 0 Å². The van der Waals surface area contributed by atoms with Crippen molar-refractivity contribution in [3.63, 3.8) is 0 Å². The Hall–Kier alpha value is -1.30. The second kappa shape index (κ2) is 2.98. The lowest BCUT2D eigenvalue weighted by Gasteiger charge is -2.03. The summed E-state index contributed by atoms with van der Waals surface area (Å²) in [6.07, 6.45) is 9.62. The Balaban J connectivity index is 2.42. The van der Waals surface area contributed by atoms with E-state index in [1.165, 1.54) is 11.1 Å². The van der Waals surface area contributed by atoms with Gasteiger partial charge in [0.15, 0.2) is 0 Å². The molecule has 0 aromatic heterocycles. The van der Waals surface area contributed by atoms with Crippen LogP contribution in [0.15, 0.2) is 36.4 Å². The predicted octanol–water partition coefficient (Wildman–Crippen LogP) is 3.18. The highest BCUT2D eigenvalue weighted by molar-refractivity contribution is 5.62. The highest BCUT2D eigenvalue weighted by Gasteiger charge is 2.12. The van der Waals surface area contributed by atoms with E-state index in [-0.39, 0.29) is 0 Å². The first-order valence-electron chi connectivity index (χ1n) is 4.23. The zero-order valence-corrected chi connectivity index (χ0v) is 7.12. The van der Waals surface area contributed by atoms with E-state index in [2.05, 4.69) is 42.5 Å². The summed E-state index contributed by atoms with van der Waals surface area (Å²) in [5, 5.41) is 0. The fourth-order valence-electron chi connectivity index (χ4n) is 1.57. The van der Waals surface area contributed by atoms with E-state index in [1.54, 1.807) is 0 Å². The fraction of sp³-hybridized carbons (Fsp3) is 0.167. The van der Waals surface area contributed by atoms with Crippen LogP contribution in [0.1, 0.15) is 24.0 Å². The van der Waals surface area contributed by atoms with Crippen molar-refractivity contribution in [2.45, 2.75) is 12.8 Å². The summed E-state index contributed by atoms with van der Waals surface area (Å²) in [5.41, 5.74) is 2.70. The van der Waals surface area contributed by atoms with Crippen molar-refractivity contribution in [2.75, 3.05) is 0 Å². The molecule has 0 bridgehead atoms. The Labute approximate surface area is 73.2 Å². The third-order valence-electron chi connectivity index (χ3n) is 2.15. The molecule has 0 nitrogen and oxygen atoms in total. The monoisotopic (exact) mass is 155 g/mol. The van der Waals surface area contributed by atoms with E-state index < -0.39 is 0 Å². The molecule has 0 aliphatic heterocycles. The van der Waals surface area contributed by atoms with Gasteiger partial charge in [-0.2, -0.15) is 0 Å². The van der Waals surface area contributed by atoms with Crippen LogP contribution in [0, 0.1) is 6.08 Å². The molecule has 1 aromatic rings. The first-order chi connectivity index (χ1) is 5.92. The summed E-state index contributed by atoms with van der Waals surface area (Å²) in [6.45, 7) is 2.01. The summed E-state index contributed by atoms with van der Waals surface area (Å²) in [5.74, 6) is 0.381. The van der Waals surface area contributed by atoms with Gasteiger partial charge in [0.1, 0.15) is 0 Å². The molecule has 0 heteroatoms. The van der Waals surface area contributed by atoms with Crippen LogP contribution in [-0.4, -0.2) is 0 Å². The van der Waals surface area contributed by atoms with Crippen LogP contribution in [0.5, 0.6) is 0 Å². The summed E-state index contributed by atoms with van der Waals surface area (Å²) < 4.78 is 0. The number of rotatable bonds is 1. The second-order valence-electron chi connectivity index (χ2n) is 2.92. The average Bonchev–Trinajstić information content (AvgIpc) is 2.50. The van der Waals surface area contributed by atoms with Gasteiger partial charge in [-0.3, -0.25) is 0 Å². The van der Waals surface area contributed by atoms with Crippen molar-refractivity contribution in [1.29, 1.82) is 0 Å². The fourth-order valence-corrected chi connectivity index (χ4v) is 1.57. The zero-order valence-electron chi connectivity index (χ0n) is 7.12. The molecular weight excluding hydrogens is 144 g/mol. The molecule has 0 fully saturated rings. The minimum atomic E-state index is 0.381. The number of benzene rings is 1. The molecule has 0 heterocycles. The molecule has 1 aromatic carbocycles. The largest absolute Gasteiger partial charge is 0.0832 e. The van der Waals surface area contributed by atoms with Crippen LogP contribution in [-0.2, 0) is 0 Å². The van der Waals surface area contributed by atoms with Crippen LogP contribution in [0.3, 0.4) is 0 Å². The Morgan fingerprint density at radius 1 is 1.33 bits per heavy atom. The van der Waals surface area contributed by atoms with E-state index in [0.717, 1.165) is 0 Å². The highest BCUT2D eigenvalue weighted by atomic mass is 14.2. The smallest absolute Gasteiger partial charge is 0.0278 e. The number of hydrogen-bond acceptors (Lipinski definition) is 0. The maximum absolute atomic E-state index is 3.29. The zero-order chi connectivity index (χ0) is 8.39.